The smallest absolute Gasteiger partial charge is 0.486 e. The Balaban J connectivity index is 0.000000148. The van der Waals surface area contributed by atoms with Gasteiger partial charge in [0.05, 0.1) is 5.58 Å². The summed E-state index contributed by atoms with van der Waals surface area (Å²) in [5.41, 5.74) is 9.18. The van der Waals surface area contributed by atoms with Crippen molar-refractivity contribution in [1.82, 2.24) is 19.9 Å². The molecule has 0 N–H and O–H groups in total. The van der Waals surface area contributed by atoms with E-state index in [1.807, 2.05) is 111 Å². The van der Waals surface area contributed by atoms with E-state index < -0.39 is 6.85 Å². The number of rotatable bonds is 3. The van der Waals surface area contributed by atoms with Gasteiger partial charge in [-0.25, -0.2) is 4.98 Å². The molecule has 230 valence electrons. The van der Waals surface area contributed by atoms with Crippen LogP contribution in [-0.4, -0.2) is 19.9 Å². The summed E-state index contributed by atoms with van der Waals surface area (Å²) in [5, 5.41) is 2.07. The number of pyridine rings is 4. The molecule has 5 nitrogen and oxygen atoms in total. The Hall–Kier alpha value is -5.29. The number of furan rings is 1. The van der Waals surface area contributed by atoms with Crippen LogP contribution in [-0.2, 0) is 20.1 Å². The standard InChI is InChI=1S/C17H11N2O.2C12H10N.Ir/c1-11-8-9-13-12-5-4-6-14(15-7-2-3-10-18-15)16(12)20-17(13)19-11;2*1-10-7-8-12(13-9-10)11-5-3-2-4-6-11;/h2-5,7-10H,1H3;2*2-5,7-9H,1H3;/q3*-1;+3/i;1D3;;. The van der Waals surface area contributed by atoms with Gasteiger partial charge in [-0.2, -0.15) is 0 Å². The van der Waals surface area contributed by atoms with Gasteiger partial charge in [0, 0.05) is 33.8 Å². The summed E-state index contributed by atoms with van der Waals surface area (Å²) >= 11 is 0. The van der Waals surface area contributed by atoms with Crippen LogP contribution in [0.5, 0.6) is 0 Å². The summed E-state index contributed by atoms with van der Waals surface area (Å²) in [7, 11) is 0. The van der Waals surface area contributed by atoms with E-state index in [1.54, 1.807) is 24.4 Å². The fourth-order valence-electron chi connectivity index (χ4n) is 4.70. The van der Waals surface area contributed by atoms with Crippen molar-refractivity contribution in [2.24, 2.45) is 0 Å². The molecule has 8 rings (SSSR count). The second-order valence-electron chi connectivity index (χ2n) is 10.4. The minimum Gasteiger partial charge on any atom is -0.486 e. The van der Waals surface area contributed by atoms with Gasteiger partial charge in [0.1, 0.15) is 0 Å². The van der Waals surface area contributed by atoms with Gasteiger partial charge < -0.3 is 19.4 Å². The number of aromatic nitrogens is 4. The van der Waals surface area contributed by atoms with Crippen molar-refractivity contribution in [3.63, 3.8) is 0 Å². The topological polar surface area (TPSA) is 64.7 Å². The van der Waals surface area contributed by atoms with Gasteiger partial charge in [-0.15, -0.1) is 90.0 Å². The second kappa shape index (κ2) is 15.8. The number of benzene rings is 3. The average molecular weight is 791 g/mol. The molecule has 0 spiro atoms. The molecule has 0 radical (unpaired) electrons. The van der Waals surface area contributed by atoms with Crippen molar-refractivity contribution < 1.29 is 28.6 Å². The summed E-state index contributed by atoms with van der Waals surface area (Å²) < 4.78 is 27.6. The SMILES string of the molecule is Cc1ccc(-c2[c-]cccc2)nc1.Cc1ccc2c(n1)oc1c(-c3ccccn3)[c-]ccc12.[2H]C([2H])([2H])c1ccc(-c2[c-]cccc2)nc1.[Ir+3]. The van der Waals surface area contributed by atoms with Crippen LogP contribution >= 0.6 is 0 Å². The molecule has 0 saturated carbocycles. The minimum absolute atomic E-state index is 0. The Kier molecular flexibility index (Phi) is 9.80. The Morgan fingerprint density at radius 1 is 0.596 bits per heavy atom. The molecule has 0 aliphatic carbocycles. The maximum absolute atomic E-state index is 7.23. The predicted octanol–water partition coefficient (Wildman–Crippen LogP) is 9.86. The molecule has 5 aromatic heterocycles. The molecule has 47 heavy (non-hydrogen) atoms. The minimum atomic E-state index is -2.09. The molecule has 8 aromatic rings. The molecule has 0 amide bonds. The van der Waals surface area contributed by atoms with Crippen molar-refractivity contribution in [1.29, 1.82) is 0 Å². The third-order valence-electron chi connectivity index (χ3n) is 7.00. The number of hydrogen-bond acceptors (Lipinski definition) is 5. The van der Waals surface area contributed by atoms with Gasteiger partial charge in [-0.1, -0.05) is 47.3 Å². The molecule has 0 atom stereocenters. The molecule has 0 aliphatic heterocycles. The van der Waals surface area contributed by atoms with Gasteiger partial charge in [-0.3, -0.25) is 0 Å². The molecule has 5 heterocycles. The van der Waals surface area contributed by atoms with E-state index in [0.29, 0.717) is 5.71 Å². The quantitative estimate of drug-likeness (QED) is 0.167. The monoisotopic (exact) mass is 791 g/mol. The normalized spacial score (nSPS) is 11.5. The summed E-state index contributed by atoms with van der Waals surface area (Å²) in [4.78, 5) is 17.3. The van der Waals surface area contributed by atoms with E-state index in [9.17, 15) is 0 Å². The van der Waals surface area contributed by atoms with E-state index in [2.05, 4.69) is 44.2 Å². The molecular formula is C41H31IrN4O. The van der Waals surface area contributed by atoms with E-state index in [4.69, 9.17) is 8.53 Å². The fourth-order valence-corrected chi connectivity index (χ4v) is 4.70. The average Bonchev–Trinajstić information content (AvgIpc) is 3.51. The molecule has 0 aliphatic rings. The van der Waals surface area contributed by atoms with Crippen molar-refractivity contribution in [2.75, 3.05) is 0 Å². The van der Waals surface area contributed by atoms with Gasteiger partial charge >= 0.3 is 20.1 Å². The van der Waals surface area contributed by atoms with Gasteiger partial charge in [0.15, 0.2) is 0 Å². The Morgan fingerprint density at radius 3 is 1.85 bits per heavy atom. The van der Waals surface area contributed by atoms with Gasteiger partial charge in [0.2, 0.25) is 5.71 Å². The van der Waals surface area contributed by atoms with Crippen LogP contribution in [0.3, 0.4) is 0 Å². The first-order valence-corrected chi connectivity index (χ1v) is 14.7. The fraction of sp³-hybridized carbons (Fsp3) is 0.0732. The van der Waals surface area contributed by atoms with Crippen LogP contribution in [0.25, 0.3) is 55.8 Å². The van der Waals surface area contributed by atoms with E-state index >= 15 is 0 Å². The maximum Gasteiger partial charge on any atom is 3.00 e. The van der Waals surface area contributed by atoms with Gasteiger partial charge in [-0.05, 0) is 67.1 Å². The first-order chi connectivity index (χ1) is 23.8. The molecule has 0 fully saturated rings. The largest absolute Gasteiger partial charge is 3.00 e. The molecule has 0 saturated heterocycles. The van der Waals surface area contributed by atoms with Crippen LogP contribution in [0, 0.1) is 38.9 Å². The zero-order chi connectivity index (χ0) is 34.2. The van der Waals surface area contributed by atoms with Crippen LogP contribution in [0.4, 0.5) is 0 Å². The van der Waals surface area contributed by atoms with E-state index in [0.717, 1.165) is 55.8 Å². The zero-order valence-electron chi connectivity index (χ0n) is 28.7. The summed E-state index contributed by atoms with van der Waals surface area (Å²) in [6.07, 6.45) is 5.03. The molecule has 3 aromatic carbocycles. The maximum atomic E-state index is 7.23. The van der Waals surface area contributed by atoms with E-state index in [-0.39, 0.29) is 25.7 Å². The Bertz CT molecular complexity index is 2260. The Morgan fingerprint density at radius 2 is 1.28 bits per heavy atom. The van der Waals surface area contributed by atoms with Gasteiger partial charge in [0.25, 0.3) is 0 Å². The zero-order valence-corrected chi connectivity index (χ0v) is 28.1. The third kappa shape index (κ3) is 8.30. The Labute approximate surface area is 293 Å². The van der Waals surface area contributed by atoms with E-state index in [1.165, 1.54) is 11.8 Å². The first-order valence-electron chi connectivity index (χ1n) is 16.2. The van der Waals surface area contributed by atoms with Crippen molar-refractivity contribution >= 4 is 22.1 Å². The van der Waals surface area contributed by atoms with Crippen LogP contribution in [0.15, 0.2) is 138 Å². The summed E-state index contributed by atoms with van der Waals surface area (Å²) in [6, 6.07) is 45.8. The van der Waals surface area contributed by atoms with Crippen molar-refractivity contribution in [3.8, 4) is 33.8 Å². The third-order valence-corrected chi connectivity index (χ3v) is 7.00. The van der Waals surface area contributed by atoms with Crippen LogP contribution < -0.4 is 0 Å². The molecule has 6 heteroatoms. The first kappa shape index (κ1) is 29.1. The van der Waals surface area contributed by atoms with Crippen molar-refractivity contribution in [3.05, 3.63) is 169 Å². The summed E-state index contributed by atoms with van der Waals surface area (Å²) in [5.74, 6) is 0. The number of aryl methyl sites for hydroxylation is 3. The van der Waals surface area contributed by atoms with Crippen LogP contribution in [0.2, 0.25) is 0 Å². The number of nitrogens with zero attached hydrogens (tertiary/aromatic N) is 4. The summed E-state index contributed by atoms with van der Waals surface area (Å²) in [6.45, 7) is 1.90. The molecule has 0 unspecified atom stereocenters. The second-order valence-corrected chi connectivity index (χ2v) is 10.4. The number of fused-ring (bicyclic) bond motifs is 3. The van der Waals surface area contributed by atoms with Crippen molar-refractivity contribution in [2.45, 2.75) is 20.7 Å². The molecular weight excluding hydrogens is 757 g/mol. The molecule has 0 bridgehead atoms. The number of hydrogen-bond donors (Lipinski definition) is 0. The predicted molar refractivity (Wildman–Crippen MR) is 185 cm³/mol. The van der Waals surface area contributed by atoms with Crippen LogP contribution in [0.1, 0.15) is 20.9 Å².